The fourth-order valence-electron chi connectivity index (χ4n) is 4.40. The van der Waals surface area contributed by atoms with Crippen LogP contribution in [0.15, 0.2) is 58.5 Å². The van der Waals surface area contributed by atoms with Gasteiger partial charge in [0, 0.05) is 18.1 Å². The van der Waals surface area contributed by atoms with Crippen LogP contribution in [0.4, 0.5) is 0 Å². The topological polar surface area (TPSA) is 98.3 Å². The van der Waals surface area contributed by atoms with Crippen LogP contribution in [0, 0.1) is 5.92 Å². The summed E-state index contributed by atoms with van der Waals surface area (Å²) in [7, 11) is 0. The van der Waals surface area contributed by atoms with E-state index < -0.39 is 5.25 Å². The van der Waals surface area contributed by atoms with Gasteiger partial charge in [0.25, 0.3) is 5.56 Å². The molecule has 2 heterocycles. The van der Waals surface area contributed by atoms with Crippen molar-refractivity contribution in [2.24, 2.45) is 11.7 Å². The Morgan fingerprint density at radius 1 is 1.23 bits per heavy atom. The van der Waals surface area contributed by atoms with Crippen LogP contribution < -0.4 is 11.3 Å². The maximum Gasteiger partial charge on any atom is 0.266 e. The fraction of sp³-hybridized carbons (Fsp3) is 0.385. The normalized spacial score (nSPS) is 16.9. The zero-order valence-corrected chi connectivity index (χ0v) is 21.2. The molecule has 2 atom stereocenters. The second-order valence-electron chi connectivity index (χ2n) is 8.81. The smallest absolute Gasteiger partial charge is 0.266 e. The number of unbranched alkanes of at least 4 members (excludes halogenated alkanes) is 1. The summed E-state index contributed by atoms with van der Waals surface area (Å²) in [5.74, 6) is -0.742. The summed E-state index contributed by atoms with van der Waals surface area (Å²) in [6.45, 7) is 3.01. The molecule has 35 heavy (non-hydrogen) atoms. The van der Waals surface area contributed by atoms with Crippen LogP contribution in [0.3, 0.4) is 0 Å². The molecule has 1 aliphatic rings. The largest absolute Gasteiger partial charge is 0.369 e. The number of benzene rings is 2. The molecule has 0 bridgehead atoms. The predicted molar refractivity (Wildman–Crippen MR) is 140 cm³/mol. The predicted octanol–water partition coefficient (Wildman–Crippen LogP) is 4.41. The van der Waals surface area contributed by atoms with Gasteiger partial charge in [0.05, 0.1) is 27.8 Å². The number of thioether (sulfide) groups is 1. The van der Waals surface area contributed by atoms with E-state index >= 15 is 0 Å². The van der Waals surface area contributed by atoms with E-state index in [4.69, 9.17) is 22.3 Å². The maximum atomic E-state index is 13.6. The van der Waals surface area contributed by atoms with Gasteiger partial charge in [0.2, 0.25) is 11.8 Å². The van der Waals surface area contributed by atoms with E-state index in [9.17, 15) is 14.4 Å². The highest BCUT2D eigenvalue weighted by atomic mass is 35.5. The number of carbonyl (C=O) groups excluding carboxylic acids is 2. The quantitative estimate of drug-likeness (QED) is 0.356. The Kier molecular flexibility index (Phi) is 8.13. The number of piperidine rings is 1. The molecule has 2 N–H and O–H groups in total. The van der Waals surface area contributed by atoms with E-state index in [1.165, 1.54) is 16.3 Å². The molecule has 1 aliphatic heterocycles. The van der Waals surface area contributed by atoms with Crippen LogP contribution in [0.2, 0.25) is 5.02 Å². The monoisotopic (exact) mass is 512 g/mol. The molecule has 184 valence electrons. The Balaban J connectivity index is 1.75. The van der Waals surface area contributed by atoms with Crippen molar-refractivity contribution in [3.8, 4) is 5.69 Å². The van der Waals surface area contributed by atoms with Crippen molar-refractivity contribution in [2.45, 2.75) is 49.4 Å². The first kappa shape index (κ1) is 25.3. The molecule has 3 aromatic rings. The molecule has 0 spiro atoms. The average molecular weight is 513 g/mol. The lowest BCUT2D eigenvalue weighted by Crippen LogP contribution is -2.47. The molecule has 0 saturated carbocycles. The molecule has 4 rings (SSSR count). The minimum Gasteiger partial charge on any atom is -0.369 e. The second-order valence-corrected chi connectivity index (χ2v) is 10.4. The van der Waals surface area contributed by atoms with Crippen molar-refractivity contribution in [1.82, 2.24) is 14.5 Å². The summed E-state index contributed by atoms with van der Waals surface area (Å²) < 4.78 is 1.54. The highest BCUT2D eigenvalue weighted by molar-refractivity contribution is 8.00. The number of nitrogens with zero attached hydrogens (tertiary/aromatic N) is 3. The Bertz CT molecular complexity index is 1300. The van der Waals surface area contributed by atoms with Crippen molar-refractivity contribution in [1.29, 1.82) is 0 Å². The highest BCUT2D eigenvalue weighted by Gasteiger charge is 2.32. The van der Waals surface area contributed by atoms with Gasteiger partial charge in [-0.25, -0.2) is 4.98 Å². The van der Waals surface area contributed by atoms with Gasteiger partial charge in [-0.15, -0.1) is 0 Å². The molecule has 1 aromatic heterocycles. The molecule has 1 fully saturated rings. The Labute approximate surface area is 213 Å². The SMILES string of the molecule is CCCCC(Sc1nc2ccccc2c(=O)n1-c1cccc(Cl)c1)C(=O)N1CCCC(C(N)=O)C1. The summed E-state index contributed by atoms with van der Waals surface area (Å²) in [4.78, 5) is 45.5. The first-order valence-electron chi connectivity index (χ1n) is 11.9. The molecule has 2 aromatic carbocycles. The van der Waals surface area contributed by atoms with Gasteiger partial charge in [0.15, 0.2) is 5.16 Å². The number of amides is 2. The number of aromatic nitrogens is 2. The summed E-state index contributed by atoms with van der Waals surface area (Å²) in [6, 6.07) is 14.2. The zero-order valence-electron chi connectivity index (χ0n) is 19.7. The number of likely N-dealkylation sites (tertiary alicyclic amines) is 1. The summed E-state index contributed by atoms with van der Waals surface area (Å²) in [6.07, 6.45) is 3.86. The summed E-state index contributed by atoms with van der Waals surface area (Å²) in [5.41, 5.74) is 6.49. The number of para-hydroxylation sites is 1. The van der Waals surface area contributed by atoms with Crippen molar-refractivity contribution >= 4 is 46.1 Å². The number of nitrogens with two attached hydrogens (primary N) is 1. The van der Waals surface area contributed by atoms with Gasteiger partial charge in [-0.2, -0.15) is 0 Å². The molecular weight excluding hydrogens is 484 g/mol. The number of hydrogen-bond donors (Lipinski definition) is 1. The van der Waals surface area contributed by atoms with Gasteiger partial charge in [-0.1, -0.05) is 61.3 Å². The molecule has 1 saturated heterocycles. The zero-order chi connectivity index (χ0) is 24.9. The van der Waals surface area contributed by atoms with Crippen LogP contribution in [0.1, 0.15) is 39.0 Å². The molecule has 2 amide bonds. The molecular formula is C26H29ClN4O3S. The van der Waals surface area contributed by atoms with Crippen LogP contribution >= 0.6 is 23.4 Å². The Morgan fingerprint density at radius 2 is 2.03 bits per heavy atom. The van der Waals surface area contributed by atoms with E-state index in [1.807, 2.05) is 6.07 Å². The van der Waals surface area contributed by atoms with Gasteiger partial charge in [0.1, 0.15) is 0 Å². The number of rotatable bonds is 8. The minimum atomic E-state index is -0.444. The van der Waals surface area contributed by atoms with E-state index in [0.717, 1.165) is 19.3 Å². The summed E-state index contributed by atoms with van der Waals surface area (Å²) in [5, 5.41) is 0.991. The van der Waals surface area contributed by atoms with Crippen molar-refractivity contribution in [3.05, 3.63) is 63.9 Å². The number of fused-ring (bicyclic) bond motifs is 1. The number of carbonyl (C=O) groups is 2. The molecule has 0 aliphatic carbocycles. The van der Waals surface area contributed by atoms with Crippen LogP contribution in [-0.2, 0) is 9.59 Å². The van der Waals surface area contributed by atoms with Gasteiger partial charge < -0.3 is 10.6 Å². The van der Waals surface area contributed by atoms with Crippen LogP contribution in [-0.4, -0.2) is 44.6 Å². The molecule has 7 nitrogen and oxygen atoms in total. The third-order valence-corrected chi connectivity index (χ3v) is 7.73. The van der Waals surface area contributed by atoms with Crippen molar-refractivity contribution in [3.63, 3.8) is 0 Å². The van der Waals surface area contributed by atoms with E-state index in [2.05, 4.69) is 6.92 Å². The third kappa shape index (κ3) is 5.70. The number of halogens is 1. The van der Waals surface area contributed by atoms with Crippen molar-refractivity contribution < 1.29 is 9.59 Å². The number of hydrogen-bond acceptors (Lipinski definition) is 5. The molecule has 9 heteroatoms. The second kappa shape index (κ2) is 11.3. The number of primary amides is 1. The maximum absolute atomic E-state index is 13.6. The first-order chi connectivity index (χ1) is 16.9. The first-order valence-corrected chi connectivity index (χ1v) is 13.2. The van der Waals surface area contributed by atoms with E-state index in [1.54, 1.807) is 47.4 Å². The lowest BCUT2D eigenvalue weighted by molar-refractivity contribution is -0.134. The highest BCUT2D eigenvalue weighted by Crippen LogP contribution is 2.31. The van der Waals surface area contributed by atoms with Gasteiger partial charge >= 0.3 is 0 Å². The van der Waals surface area contributed by atoms with Crippen LogP contribution in [0.5, 0.6) is 0 Å². The lowest BCUT2D eigenvalue weighted by atomic mass is 9.97. The van der Waals surface area contributed by atoms with Crippen molar-refractivity contribution in [2.75, 3.05) is 13.1 Å². The van der Waals surface area contributed by atoms with Gasteiger partial charge in [-0.3, -0.25) is 19.0 Å². The third-order valence-electron chi connectivity index (χ3n) is 6.29. The summed E-state index contributed by atoms with van der Waals surface area (Å²) >= 11 is 7.54. The minimum absolute atomic E-state index is 0.0468. The molecule has 0 radical (unpaired) electrons. The van der Waals surface area contributed by atoms with E-state index in [0.29, 0.717) is 52.7 Å². The van der Waals surface area contributed by atoms with Gasteiger partial charge in [-0.05, 0) is 49.6 Å². The van der Waals surface area contributed by atoms with Crippen LogP contribution in [0.25, 0.3) is 16.6 Å². The lowest BCUT2D eigenvalue weighted by Gasteiger charge is -2.33. The average Bonchev–Trinajstić information content (AvgIpc) is 2.86. The standard InChI is InChI=1S/C26H29ClN4O3S/c1-2-3-13-22(25(34)30-14-7-8-17(16-30)23(28)32)35-26-29-21-12-5-4-11-20(21)24(33)31(26)19-10-6-9-18(27)15-19/h4-6,9-12,15,17,22H,2-3,7-8,13-14,16H2,1H3,(H2,28,32). The fourth-order valence-corrected chi connectivity index (χ4v) is 5.82. The Morgan fingerprint density at radius 3 is 2.77 bits per heavy atom. The molecule has 2 unspecified atom stereocenters. The van der Waals surface area contributed by atoms with E-state index in [-0.39, 0.29) is 23.3 Å². The Hall–Kier alpha value is -2.84.